The molecule has 1 aliphatic carbocycles. The molecule has 0 bridgehead atoms. The number of hydrogen-bond donors (Lipinski definition) is 1. The van der Waals surface area contributed by atoms with E-state index in [1.54, 1.807) is 16.5 Å². The average molecular weight is 597 g/mol. The van der Waals surface area contributed by atoms with Crippen molar-refractivity contribution in [3.63, 3.8) is 0 Å². The van der Waals surface area contributed by atoms with Crippen LogP contribution in [-0.4, -0.2) is 57.5 Å². The Labute approximate surface area is 211 Å². The molecule has 2 saturated heterocycles. The third kappa shape index (κ3) is 4.22. The minimum absolute atomic E-state index is 0.125. The molecule has 5 rings (SSSR count). The van der Waals surface area contributed by atoms with Gasteiger partial charge in [0.1, 0.15) is 10.7 Å². The number of hydrogen-bond acceptors (Lipinski definition) is 8. The highest BCUT2D eigenvalue weighted by atomic mass is 127. The molecule has 1 aromatic carbocycles. The first kappa shape index (κ1) is 23.2. The van der Waals surface area contributed by atoms with E-state index < -0.39 is 10.0 Å². The molecule has 2 aliphatic heterocycles. The molecule has 33 heavy (non-hydrogen) atoms. The Bertz CT molecular complexity index is 1250. The van der Waals surface area contributed by atoms with E-state index in [9.17, 15) is 8.42 Å². The number of fused-ring (bicyclic) bond motifs is 1. The molecule has 1 unspecified atom stereocenters. The van der Waals surface area contributed by atoms with Gasteiger partial charge in [0.15, 0.2) is 0 Å². The van der Waals surface area contributed by atoms with Crippen molar-refractivity contribution in [2.24, 2.45) is 9.54 Å². The molecule has 0 amide bonds. The maximum Gasteiger partial charge on any atom is 0.245 e. The van der Waals surface area contributed by atoms with E-state index in [0.717, 1.165) is 67.8 Å². The minimum Gasteiger partial charge on any atom is -0.355 e. The maximum absolute atomic E-state index is 13.8. The van der Waals surface area contributed by atoms with Crippen LogP contribution in [0.4, 0.5) is 5.82 Å². The largest absolute Gasteiger partial charge is 0.355 e. The molecule has 0 radical (unpaired) electrons. The van der Waals surface area contributed by atoms with Gasteiger partial charge in [0, 0.05) is 25.2 Å². The molecule has 8 nitrogen and oxygen atoms in total. The van der Waals surface area contributed by atoms with Gasteiger partial charge < -0.3 is 4.90 Å². The van der Waals surface area contributed by atoms with E-state index >= 15 is 0 Å². The maximum atomic E-state index is 13.8. The third-order valence-electron chi connectivity index (χ3n) is 6.75. The fourth-order valence-corrected chi connectivity index (χ4v) is 8.66. The van der Waals surface area contributed by atoms with Gasteiger partial charge in [0.05, 0.1) is 39.0 Å². The van der Waals surface area contributed by atoms with E-state index in [1.807, 2.05) is 36.5 Å². The van der Waals surface area contributed by atoms with Gasteiger partial charge in [-0.2, -0.15) is 4.31 Å². The summed E-state index contributed by atoms with van der Waals surface area (Å²) in [4.78, 5) is 11.8. The van der Waals surface area contributed by atoms with E-state index in [4.69, 9.17) is 10.1 Å². The van der Waals surface area contributed by atoms with Crippen LogP contribution in [0.2, 0.25) is 0 Å². The standard InChI is InChI=1S/C22H25IN6O2S2/c23-16-5-3-8-19(21(16)27-32-24)33(30,31)29-12-4-9-22(29)10-13-28(14-11-22)20-15-25-17-6-1-2-7-18(17)26-20/h1-3,5-8,15-16H,4,9-14,24H2/b27-21+. The number of benzene rings is 1. The fourth-order valence-electron chi connectivity index (χ4n) is 5.08. The summed E-state index contributed by atoms with van der Waals surface area (Å²) >= 11 is 3.00. The van der Waals surface area contributed by atoms with Gasteiger partial charge in [-0.05, 0) is 43.9 Å². The fraction of sp³-hybridized carbons (Fsp3) is 0.409. The van der Waals surface area contributed by atoms with Gasteiger partial charge in [0.25, 0.3) is 0 Å². The smallest absolute Gasteiger partial charge is 0.245 e. The predicted molar refractivity (Wildman–Crippen MR) is 143 cm³/mol. The first-order valence-corrected chi connectivity index (χ1v) is 14.4. The summed E-state index contributed by atoms with van der Waals surface area (Å²) in [5.41, 5.74) is 1.88. The van der Waals surface area contributed by atoms with Gasteiger partial charge in [-0.15, -0.1) is 0 Å². The van der Waals surface area contributed by atoms with Crippen molar-refractivity contribution in [1.29, 1.82) is 0 Å². The number of piperidine rings is 1. The van der Waals surface area contributed by atoms with Crippen LogP contribution in [0.25, 0.3) is 11.0 Å². The van der Waals surface area contributed by atoms with Gasteiger partial charge in [-0.1, -0.05) is 46.9 Å². The van der Waals surface area contributed by atoms with Crippen molar-refractivity contribution < 1.29 is 8.42 Å². The summed E-state index contributed by atoms with van der Waals surface area (Å²) < 4.78 is 33.6. The molecule has 1 aromatic heterocycles. The zero-order valence-corrected chi connectivity index (χ0v) is 21.8. The van der Waals surface area contributed by atoms with Crippen molar-refractivity contribution >= 4 is 67.3 Å². The number of allylic oxidation sites excluding steroid dienone is 4. The number of sulfonamides is 1. The van der Waals surface area contributed by atoms with Crippen LogP contribution in [0.15, 0.2) is 58.0 Å². The number of para-hydroxylation sites is 2. The highest BCUT2D eigenvalue weighted by Gasteiger charge is 2.50. The normalized spacial score (nSPS) is 24.7. The highest BCUT2D eigenvalue weighted by molar-refractivity contribution is 14.1. The van der Waals surface area contributed by atoms with Gasteiger partial charge in [-0.3, -0.25) is 10.1 Å². The van der Waals surface area contributed by atoms with E-state index in [0.29, 0.717) is 12.3 Å². The SMILES string of the molecule is NS/N=C1/C(S(=O)(=O)N2CCCC23CCN(c2cnc4ccccc4n2)CC3)=CC=CC1I. The lowest BCUT2D eigenvalue weighted by molar-refractivity contribution is 0.194. The van der Waals surface area contributed by atoms with Crippen molar-refractivity contribution in [1.82, 2.24) is 14.3 Å². The second-order valence-electron chi connectivity index (χ2n) is 8.51. The lowest BCUT2D eigenvalue weighted by Gasteiger charge is -2.44. The summed E-state index contributed by atoms with van der Waals surface area (Å²) in [6.45, 7) is 2.02. The number of anilines is 1. The molecule has 1 atom stereocenters. The van der Waals surface area contributed by atoms with Crippen LogP contribution in [0, 0.1) is 0 Å². The molecular weight excluding hydrogens is 571 g/mol. The van der Waals surface area contributed by atoms with Crippen molar-refractivity contribution in [2.45, 2.75) is 35.1 Å². The number of rotatable bonds is 4. The van der Waals surface area contributed by atoms with Gasteiger partial charge in [0.2, 0.25) is 10.0 Å². The Hall–Kier alpha value is -1.54. The molecule has 2 aromatic rings. The molecule has 3 aliphatic rings. The Morgan fingerprint density at radius 2 is 1.91 bits per heavy atom. The van der Waals surface area contributed by atoms with Crippen molar-refractivity contribution in [3.8, 4) is 0 Å². The molecule has 0 saturated carbocycles. The van der Waals surface area contributed by atoms with E-state index in [1.165, 1.54) is 0 Å². The molecule has 2 N–H and O–H groups in total. The first-order chi connectivity index (χ1) is 15.9. The van der Waals surface area contributed by atoms with Crippen LogP contribution in [-0.2, 0) is 10.0 Å². The molecule has 11 heteroatoms. The highest BCUT2D eigenvalue weighted by Crippen LogP contribution is 2.43. The number of halogens is 1. The molecular formula is C22H25IN6O2S2. The number of nitrogens with zero attached hydrogens (tertiary/aromatic N) is 5. The van der Waals surface area contributed by atoms with Crippen LogP contribution in [0.5, 0.6) is 0 Å². The van der Waals surface area contributed by atoms with Crippen LogP contribution in [0.3, 0.4) is 0 Å². The Balaban J connectivity index is 1.39. The molecule has 3 heterocycles. The number of alkyl halides is 1. The Morgan fingerprint density at radius 3 is 2.67 bits per heavy atom. The summed E-state index contributed by atoms with van der Waals surface area (Å²) in [6, 6.07) is 7.84. The topological polar surface area (TPSA) is 105 Å². The Kier molecular flexibility index (Phi) is 6.51. The zero-order valence-electron chi connectivity index (χ0n) is 18.0. The first-order valence-electron chi connectivity index (χ1n) is 10.9. The molecule has 174 valence electrons. The number of nitrogens with two attached hydrogens (primary N) is 1. The van der Waals surface area contributed by atoms with Crippen molar-refractivity contribution in [3.05, 3.63) is 53.6 Å². The summed E-state index contributed by atoms with van der Waals surface area (Å²) in [5.74, 6) is 0.846. The summed E-state index contributed by atoms with van der Waals surface area (Å²) in [5, 5.41) is 5.57. The molecule has 1 spiro atoms. The quantitative estimate of drug-likeness (QED) is 0.327. The predicted octanol–water partition coefficient (Wildman–Crippen LogP) is 3.61. The van der Waals surface area contributed by atoms with E-state index in [-0.39, 0.29) is 14.4 Å². The van der Waals surface area contributed by atoms with E-state index in [2.05, 4.69) is 36.9 Å². The lowest BCUT2D eigenvalue weighted by atomic mass is 9.86. The van der Waals surface area contributed by atoms with Gasteiger partial charge >= 0.3 is 0 Å². The summed E-state index contributed by atoms with van der Waals surface area (Å²) in [7, 11) is -3.69. The monoisotopic (exact) mass is 596 g/mol. The third-order valence-corrected chi connectivity index (χ3v) is 10.1. The average Bonchev–Trinajstić information content (AvgIpc) is 3.24. The second-order valence-corrected chi connectivity index (χ2v) is 12.1. The van der Waals surface area contributed by atoms with Crippen LogP contribution < -0.4 is 10.0 Å². The second kappa shape index (κ2) is 9.25. The van der Waals surface area contributed by atoms with Crippen molar-refractivity contribution in [2.75, 3.05) is 24.5 Å². The zero-order chi connectivity index (χ0) is 23.1. The summed E-state index contributed by atoms with van der Waals surface area (Å²) in [6.07, 6.45) is 10.5. The number of aromatic nitrogens is 2. The van der Waals surface area contributed by atoms with Crippen LogP contribution >= 0.6 is 34.7 Å². The Morgan fingerprint density at radius 1 is 1.15 bits per heavy atom. The van der Waals surface area contributed by atoms with Gasteiger partial charge in [-0.25, -0.2) is 17.8 Å². The lowest BCUT2D eigenvalue weighted by Crippen LogP contribution is -2.55. The van der Waals surface area contributed by atoms with Crippen LogP contribution in [0.1, 0.15) is 25.7 Å². The minimum atomic E-state index is -3.69. The molecule has 2 fully saturated rings.